The van der Waals surface area contributed by atoms with Gasteiger partial charge < -0.3 is 4.90 Å². The predicted molar refractivity (Wildman–Crippen MR) is 177 cm³/mol. The van der Waals surface area contributed by atoms with Gasteiger partial charge in [-0.2, -0.15) is 0 Å². The first-order valence-corrected chi connectivity index (χ1v) is 18.2. The predicted octanol–water partition coefficient (Wildman–Crippen LogP) is 11.7. The number of Topliss-reactive ketones (excluding diaryl/α,β-unsaturated/α-hetero) is 2. The molecule has 40 heavy (non-hydrogen) atoms. The first-order chi connectivity index (χ1) is 19.5. The first-order valence-electron chi connectivity index (χ1n) is 18.2. The summed E-state index contributed by atoms with van der Waals surface area (Å²) in [5.74, 6) is 0.505. The van der Waals surface area contributed by atoms with Gasteiger partial charge in [0, 0.05) is 31.7 Å². The molecule has 1 unspecified atom stereocenters. The quantitative estimate of drug-likeness (QED) is 0.0745. The lowest BCUT2D eigenvalue weighted by atomic mass is 9.91. The van der Waals surface area contributed by atoms with E-state index in [0.29, 0.717) is 37.4 Å². The van der Waals surface area contributed by atoms with Gasteiger partial charge in [0.15, 0.2) is 0 Å². The van der Waals surface area contributed by atoms with Crippen LogP contribution in [-0.4, -0.2) is 37.1 Å². The van der Waals surface area contributed by atoms with Gasteiger partial charge in [0.05, 0.1) is 0 Å². The Bertz CT molecular complexity index is 544. The topological polar surface area (TPSA) is 37.4 Å². The summed E-state index contributed by atoms with van der Waals surface area (Å²) in [6.07, 6.45) is 36.2. The standard InChI is InChI=1S/C37H73NO2/c1-5-7-9-11-13-15-17-19-21-23-25-27-29-31-36(39)33-35(34-38(3)4)37(40)32-30-28-26-24-22-20-18-16-14-12-10-8-6-2/h35H,5-34H2,1-4H3. The van der Waals surface area contributed by atoms with Gasteiger partial charge >= 0.3 is 0 Å². The minimum absolute atomic E-state index is 0.109. The SMILES string of the molecule is CCCCCCCCCCCCCCCC(=O)CC(CN(C)C)C(=O)CCCCCCCCCCCCCCC. The van der Waals surface area contributed by atoms with E-state index in [-0.39, 0.29) is 5.92 Å². The van der Waals surface area contributed by atoms with Gasteiger partial charge in [-0.05, 0) is 26.9 Å². The fraction of sp³-hybridized carbons (Fsp3) is 0.946. The van der Waals surface area contributed by atoms with Crippen molar-refractivity contribution in [1.82, 2.24) is 4.90 Å². The molecule has 1 atom stereocenters. The number of carbonyl (C=O) groups is 2. The van der Waals surface area contributed by atoms with Gasteiger partial charge in [-0.25, -0.2) is 0 Å². The maximum Gasteiger partial charge on any atom is 0.137 e. The van der Waals surface area contributed by atoms with Crippen LogP contribution < -0.4 is 0 Å². The summed E-state index contributed by atoms with van der Waals surface area (Å²) in [5, 5.41) is 0. The van der Waals surface area contributed by atoms with E-state index in [9.17, 15) is 9.59 Å². The average molecular weight is 564 g/mol. The van der Waals surface area contributed by atoms with Crippen LogP contribution in [0.4, 0.5) is 0 Å². The van der Waals surface area contributed by atoms with E-state index in [1.807, 2.05) is 14.1 Å². The van der Waals surface area contributed by atoms with Crippen molar-refractivity contribution >= 4 is 11.6 Å². The maximum atomic E-state index is 12.9. The zero-order chi connectivity index (χ0) is 29.5. The van der Waals surface area contributed by atoms with E-state index in [0.717, 1.165) is 25.7 Å². The Balaban J connectivity index is 3.79. The second-order valence-electron chi connectivity index (χ2n) is 13.2. The van der Waals surface area contributed by atoms with Crippen molar-refractivity contribution in [3.05, 3.63) is 0 Å². The molecule has 0 saturated carbocycles. The third kappa shape index (κ3) is 28.8. The van der Waals surface area contributed by atoms with Crippen LogP contribution in [0.2, 0.25) is 0 Å². The fourth-order valence-electron chi connectivity index (χ4n) is 5.96. The Morgan fingerprint density at radius 1 is 0.450 bits per heavy atom. The number of ketones is 2. The molecule has 238 valence electrons. The highest BCUT2D eigenvalue weighted by molar-refractivity contribution is 5.88. The fourth-order valence-corrected chi connectivity index (χ4v) is 5.96. The molecule has 0 rings (SSSR count). The summed E-state index contributed by atoms with van der Waals surface area (Å²) in [6, 6.07) is 0. The largest absolute Gasteiger partial charge is 0.309 e. The van der Waals surface area contributed by atoms with Crippen LogP contribution in [0.25, 0.3) is 0 Å². The zero-order valence-corrected chi connectivity index (χ0v) is 28.1. The number of hydrogen-bond acceptors (Lipinski definition) is 3. The monoisotopic (exact) mass is 564 g/mol. The lowest BCUT2D eigenvalue weighted by Gasteiger charge is -2.19. The Labute approximate surface area is 252 Å². The van der Waals surface area contributed by atoms with Gasteiger partial charge in [0.1, 0.15) is 11.6 Å². The van der Waals surface area contributed by atoms with Crippen molar-refractivity contribution in [3.63, 3.8) is 0 Å². The highest BCUT2D eigenvalue weighted by Crippen LogP contribution is 2.18. The van der Waals surface area contributed by atoms with Crippen LogP contribution in [-0.2, 0) is 9.59 Å². The summed E-state index contributed by atoms with van der Waals surface area (Å²) >= 11 is 0. The van der Waals surface area contributed by atoms with E-state index in [4.69, 9.17) is 0 Å². The molecule has 0 saturated heterocycles. The molecular formula is C37H73NO2. The molecule has 0 aromatic heterocycles. The van der Waals surface area contributed by atoms with E-state index >= 15 is 0 Å². The normalized spacial score (nSPS) is 12.3. The van der Waals surface area contributed by atoms with Gasteiger partial charge in [-0.1, -0.05) is 168 Å². The molecule has 0 radical (unpaired) electrons. The molecular weight excluding hydrogens is 490 g/mol. The molecule has 0 N–H and O–H groups in total. The van der Waals surface area contributed by atoms with E-state index in [1.54, 1.807) is 0 Å². The minimum Gasteiger partial charge on any atom is -0.309 e. The molecule has 0 aromatic carbocycles. The number of unbranched alkanes of at least 4 members (excludes halogenated alkanes) is 24. The lowest BCUT2D eigenvalue weighted by molar-refractivity contribution is -0.128. The van der Waals surface area contributed by atoms with Gasteiger partial charge in [0.2, 0.25) is 0 Å². The Morgan fingerprint density at radius 3 is 1.07 bits per heavy atom. The third-order valence-corrected chi connectivity index (χ3v) is 8.60. The Hall–Kier alpha value is -0.700. The number of hydrogen-bond donors (Lipinski definition) is 0. The van der Waals surface area contributed by atoms with Gasteiger partial charge in [0.25, 0.3) is 0 Å². The summed E-state index contributed by atoms with van der Waals surface area (Å²) in [5.41, 5.74) is 0. The summed E-state index contributed by atoms with van der Waals surface area (Å²) < 4.78 is 0. The molecule has 0 amide bonds. The Morgan fingerprint density at radius 2 is 0.750 bits per heavy atom. The lowest BCUT2D eigenvalue weighted by Crippen LogP contribution is -2.29. The summed E-state index contributed by atoms with van der Waals surface area (Å²) in [6.45, 7) is 5.27. The van der Waals surface area contributed by atoms with Crippen molar-refractivity contribution in [2.75, 3.05) is 20.6 Å². The second kappa shape index (κ2) is 31.2. The number of rotatable bonds is 33. The van der Waals surface area contributed by atoms with Crippen molar-refractivity contribution in [3.8, 4) is 0 Å². The molecule has 0 fully saturated rings. The van der Waals surface area contributed by atoms with Crippen molar-refractivity contribution in [2.24, 2.45) is 5.92 Å². The highest BCUT2D eigenvalue weighted by Gasteiger charge is 2.21. The van der Waals surface area contributed by atoms with E-state index < -0.39 is 0 Å². The highest BCUT2D eigenvalue weighted by atomic mass is 16.1. The van der Waals surface area contributed by atoms with Crippen LogP contribution in [0.3, 0.4) is 0 Å². The molecule has 0 aliphatic rings. The maximum absolute atomic E-state index is 12.9. The number of nitrogens with zero attached hydrogens (tertiary/aromatic N) is 1. The van der Waals surface area contributed by atoms with Crippen molar-refractivity contribution in [2.45, 2.75) is 200 Å². The molecule has 0 aliphatic carbocycles. The molecule has 0 bridgehead atoms. The zero-order valence-electron chi connectivity index (χ0n) is 28.1. The molecule has 3 nitrogen and oxygen atoms in total. The smallest absolute Gasteiger partial charge is 0.137 e. The second-order valence-corrected chi connectivity index (χ2v) is 13.2. The summed E-state index contributed by atoms with van der Waals surface area (Å²) in [4.78, 5) is 27.7. The minimum atomic E-state index is -0.109. The third-order valence-electron chi connectivity index (χ3n) is 8.60. The van der Waals surface area contributed by atoms with Crippen molar-refractivity contribution in [1.29, 1.82) is 0 Å². The molecule has 0 aliphatic heterocycles. The van der Waals surface area contributed by atoms with Crippen LogP contribution >= 0.6 is 0 Å². The number of carbonyl (C=O) groups excluding carboxylic acids is 2. The van der Waals surface area contributed by atoms with E-state index in [2.05, 4.69) is 18.7 Å². The molecule has 0 aromatic rings. The van der Waals surface area contributed by atoms with Crippen LogP contribution in [0.15, 0.2) is 0 Å². The van der Waals surface area contributed by atoms with E-state index in [1.165, 1.54) is 141 Å². The van der Waals surface area contributed by atoms with Crippen LogP contribution in [0.1, 0.15) is 200 Å². The van der Waals surface area contributed by atoms with Crippen molar-refractivity contribution < 1.29 is 9.59 Å². The Kier molecular flexibility index (Phi) is 30.7. The average Bonchev–Trinajstić information content (AvgIpc) is 2.93. The summed E-state index contributed by atoms with van der Waals surface area (Å²) in [7, 11) is 4.03. The van der Waals surface area contributed by atoms with Gasteiger partial charge in [-0.3, -0.25) is 9.59 Å². The van der Waals surface area contributed by atoms with Gasteiger partial charge in [-0.15, -0.1) is 0 Å². The van der Waals surface area contributed by atoms with Crippen LogP contribution in [0, 0.1) is 5.92 Å². The first kappa shape index (κ1) is 39.3. The molecule has 3 heteroatoms. The van der Waals surface area contributed by atoms with Crippen LogP contribution in [0.5, 0.6) is 0 Å². The molecule has 0 heterocycles. The molecule has 0 spiro atoms.